The number of amides is 1. The van der Waals surface area contributed by atoms with E-state index in [1.165, 1.54) is 0 Å². The number of hydrogen-bond donors (Lipinski definition) is 3. The van der Waals surface area contributed by atoms with E-state index in [0.717, 1.165) is 17.7 Å². The predicted octanol–water partition coefficient (Wildman–Crippen LogP) is -0.171. The van der Waals surface area contributed by atoms with Crippen molar-refractivity contribution in [1.29, 1.82) is 0 Å². The smallest absolute Gasteiger partial charge is 0.237 e. The van der Waals surface area contributed by atoms with Crippen molar-refractivity contribution in [1.82, 2.24) is 10.6 Å². The molecular weight excluding hydrogens is 244 g/mol. The van der Waals surface area contributed by atoms with E-state index in [-0.39, 0.29) is 18.0 Å². The summed E-state index contributed by atoms with van der Waals surface area (Å²) in [5, 5.41) is 15.4. The van der Waals surface area contributed by atoms with E-state index < -0.39 is 6.10 Å². The van der Waals surface area contributed by atoms with Gasteiger partial charge in [0.1, 0.15) is 12.4 Å². The molecule has 1 amide bonds. The quantitative estimate of drug-likeness (QED) is 0.692. The molecular formula is C14H18N2O3. The number of aliphatic hydroxyl groups is 1. The molecule has 1 saturated heterocycles. The molecule has 0 aliphatic carbocycles. The Morgan fingerprint density at radius 3 is 3.05 bits per heavy atom. The van der Waals surface area contributed by atoms with Crippen molar-refractivity contribution in [3.8, 4) is 5.75 Å². The Kier molecular flexibility index (Phi) is 3.40. The van der Waals surface area contributed by atoms with Crippen molar-refractivity contribution in [2.75, 3.05) is 13.2 Å². The molecule has 1 aromatic carbocycles. The van der Waals surface area contributed by atoms with Crippen LogP contribution >= 0.6 is 0 Å². The second-order valence-electron chi connectivity index (χ2n) is 5.18. The van der Waals surface area contributed by atoms with Crippen molar-refractivity contribution in [3.63, 3.8) is 0 Å². The average molecular weight is 262 g/mol. The molecule has 3 N–H and O–H groups in total. The molecule has 0 unspecified atom stereocenters. The lowest BCUT2D eigenvalue weighted by Gasteiger charge is -2.27. The summed E-state index contributed by atoms with van der Waals surface area (Å²) in [4.78, 5) is 12.0. The Morgan fingerprint density at radius 2 is 2.26 bits per heavy atom. The summed E-state index contributed by atoms with van der Waals surface area (Å²) in [6, 6.07) is 7.60. The van der Waals surface area contributed by atoms with Gasteiger partial charge in [-0.3, -0.25) is 4.79 Å². The lowest BCUT2D eigenvalue weighted by Crippen LogP contribution is -2.49. The van der Waals surface area contributed by atoms with Crippen molar-refractivity contribution < 1.29 is 14.6 Å². The minimum absolute atomic E-state index is 0.00180. The van der Waals surface area contributed by atoms with Gasteiger partial charge in [0.2, 0.25) is 5.91 Å². The van der Waals surface area contributed by atoms with Crippen LogP contribution in [-0.2, 0) is 11.2 Å². The van der Waals surface area contributed by atoms with E-state index in [1.54, 1.807) is 0 Å². The standard InChI is InChI=1S/C14H18N2O3/c17-11-6-12(15-7-11)14(18)16-10-5-9-3-1-2-4-13(9)19-8-10/h1-4,10-12,15,17H,5-8H2,(H,16,18)/t10-,11-,12+/m0/s1. The van der Waals surface area contributed by atoms with E-state index >= 15 is 0 Å². The van der Waals surface area contributed by atoms with E-state index in [9.17, 15) is 9.90 Å². The van der Waals surface area contributed by atoms with Crippen LogP contribution in [-0.4, -0.2) is 42.4 Å². The highest BCUT2D eigenvalue weighted by atomic mass is 16.5. The molecule has 2 heterocycles. The van der Waals surface area contributed by atoms with Crippen LogP contribution in [0.4, 0.5) is 0 Å². The number of nitrogens with one attached hydrogen (secondary N) is 2. The minimum atomic E-state index is -0.418. The summed E-state index contributed by atoms with van der Waals surface area (Å²) >= 11 is 0. The number of carbonyl (C=O) groups excluding carboxylic acids is 1. The lowest BCUT2D eigenvalue weighted by atomic mass is 10.0. The van der Waals surface area contributed by atoms with E-state index in [4.69, 9.17) is 4.74 Å². The Balaban J connectivity index is 1.58. The normalized spacial score (nSPS) is 29.4. The highest BCUT2D eigenvalue weighted by Crippen LogP contribution is 2.24. The first-order valence-electron chi connectivity index (χ1n) is 6.65. The number of para-hydroxylation sites is 1. The van der Waals surface area contributed by atoms with Gasteiger partial charge < -0.3 is 20.5 Å². The SMILES string of the molecule is O=C(N[C@@H]1COc2ccccc2C1)[C@H]1C[C@H](O)CN1. The predicted molar refractivity (Wildman–Crippen MR) is 70.0 cm³/mol. The zero-order valence-corrected chi connectivity index (χ0v) is 10.6. The lowest BCUT2D eigenvalue weighted by molar-refractivity contribution is -0.124. The summed E-state index contributed by atoms with van der Waals surface area (Å²) < 4.78 is 5.64. The number of ether oxygens (including phenoxy) is 1. The van der Waals surface area contributed by atoms with Gasteiger partial charge in [-0.2, -0.15) is 0 Å². The van der Waals surface area contributed by atoms with Crippen LogP contribution in [0.2, 0.25) is 0 Å². The Labute approximate surface area is 112 Å². The van der Waals surface area contributed by atoms with Crippen molar-refractivity contribution in [2.45, 2.75) is 31.0 Å². The van der Waals surface area contributed by atoms with Gasteiger partial charge in [-0.1, -0.05) is 18.2 Å². The van der Waals surface area contributed by atoms with Gasteiger partial charge in [0.25, 0.3) is 0 Å². The summed E-state index contributed by atoms with van der Waals surface area (Å²) in [5.41, 5.74) is 1.12. The molecule has 0 bridgehead atoms. The Morgan fingerprint density at radius 1 is 1.42 bits per heavy atom. The van der Waals surface area contributed by atoms with Crippen molar-refractivity contribution in [3.05, 3.63) is 29.8 Å². The van der Waals surface area contributed by atoms with Gasteiger partial charge in [-0.25, -0.2) is 0 Å². The van der Waals surface area contributed by atoms with Crippen LogP contribution in [0.15, 0.2) is 24.3 Å². The molecule has 102 valence electrons. The number of β-amino-alcohol motifs (C(OH)–C–C–N with tert-alkyl or cyclic N) is 1. The zero-order chi connectivity index (χ0) is 13.2. The summed E-state index contributed by atoms with van der Waals surface area (Å²) in [6.07, 6.45) is 0.853. The third-order valence-corrected chi connectivity index (χ3v) is 3.65. The monoisotopic (exact) mass is 262 g/mol. The first-order valence-corrected chi connectivity index (χ1v) is 6.65. The van der Waals surface area contributed by atoms with Crippen LogP contribution in [0, 0.1) is 0 Å². The van der Waals surface area contributed by atoms with Gasteiger partial charge >= 0.3 is 0 Å². The van der Waals surface area contributed by atoms with Crippen LogP contribution in [0.25, 0.3) is 0 Å². The molecule has 0 radical (unpaired) electrons. The van der Waals surface area contributed by atoms with E-state index in [1.807, 2.05) is 24.3 Å². The van der Waals surface area contributed by atoms with Crippen LogP contribution < -0.4 is 15.4 Å². The van der Waals surface area contributed by atoms with Gasteiger partial charge in [0, 0.05) is 6.54 Å². The van der Waals surface area contributed by atoms with Crippen molar-refractivity contribution >= 4 is 5.91 Å². The number of rotatable bonds is 2. The molecule has 0 spiro atoms. The third-order valence-electron chi connectivity index (χ3n) is 3.65. The third kappa shape index (κ3) is 2.72. The molecule has 5 heteroatoms. The molecule has 1 aromatic rings. The van der Waals surface area contributed by atoms with Gasteiger partial charge in [-0.05, 0) is 24.5 Å². The largest absolute Gasteiger partial charge is 0.491 e. The second-order valence-corrected chi connectivity index (χ2v) is 5.18. The summed E-state index contributed by atoms with van der Waals surface area (Å²) in [5.74, 6) is 0.854. The number of carbonyl (C=O) groups is 1. The maximum atomic E-state index is 12.0. The first kappa shape index (κ1) is 12.4. The molecule has 2 aliphatic rings. The number of benzene rings is 1. The van der Waals surface area contributed by atoms with Crippen LogP contribution in [0.1, 0.15) is 12.0 Å². The van der Waals surface area contributed by atoms with E-state index in [2.05, 4.69) is 10.6 Å². The van der Waals surface area contributed by atoms with E-state index in [0.29, 0.717) is 19.6 Å². The topological polar surface area (TPSA) is 70.6 Å². The molecule has 0 saturated carbocycles. The number of fused-ring (bicyclic) bond motifs is 1. The molecule has 1 fully saturated rings. The minimum Gasteiger partial charge on any atom is -0.491 e. The van der Waals surface area contributed by atoms with Gasteiger partial charge in [0.15, 0.2) is 0 Å². The summed E-state index contributed by atoms with van der Waals surface area (Å²) in [7, 11) is 0. The fourth-order valence-electron chi connectivity index (χ4n) is 2.64. The first-order chi connectivity index (χ1) is 9.22. The maximum Gasteiger partial charge on any atom is 0.237 e. The zero-order valence-electron chi connectivity index (χ0n) is 10.6. The van der Waals surface area contributed by atoms with Gasteiger partial charge in [-0.15, -0.1) is 0 Å². The second kappa shape index (κ2) is 5.19. The van der Waals surface area contributed by atoms with Crippen LogP contribution in [0.5, 0.6) is 5.75 Å². The van der Waals surface area contributed by atoms with Crippen LogP contribution in [0.3, 0.4) is 0 Å². The molecule has 5 nitrogen and oxygen atoms in total. The van der Waals surface area contributed by atoms with Crippen molar-refractivity contribution in [2.24, 2.45) is 0 Å². The number of aliphatic hydroxyl groups excluding tert-OH is 1. The maximum absolute atomic E-state index is 12.0. The molecule has 0 aromatic heterocycles. The molecule has 3 atom stereocenters. The van der Waals surface area contributed by atoms with Gasteiger partial charge in [0.05, 0.1) is 18.2 Å². The Bertz CT molecular complexity index is 478. The molecule has 2 aliphatic heterocycles. The molecule has 3 rings (SSSR count). The average Bonchev–Trinajstić information content (AvgIpc) is 2.85. The molecule has 19 heavy (non-hydrogen) atoms. The fraction of sp³-hybridized carbons (Fsp3) is 0.500. The highest BCUT2D eigenvalue weighted by Gasteiger charge is 2.30. The highest BCUT2D eigenvalue weighted by molar-refractivity contribution is 5.82. The fourth-order valence-corrected chi connectivity index (χ4v) is 2.64. The Hall–Kier alpha value is -1.59. The summed E-state index contributed by atoms with van der Waals surface area (Å²) in [6.45, 7) is 0.986. The number of hydrogen-bond acceptors (Lipinski definition) is 4.